The van der Waals surface area contributed by atoms with Gasteiger partial charge in [0.2, 0.25) is 0 Å². The molecule has 5 nitrogen and oxygen atoms in total. The molecule has 0 bridgehead atoms. The number of aromatic nitrogens is 2. The Labute approximate surface area is 99.8 Å². The Morgan fingerprint density at radius 3 is 2.62 bits per heavy atom. The number of carbonyl (C=O) groups excluding carboxylic acids is 1. The molecule has 0 saturated heterocycles. The van der Waals surface area contributed by atoms with Crippen molar-refractivity contribution in [2.75, 3.05) is 0 Å². The molecule has 0 aromatic carbocycles. The summed E-state index contributed by atoms with van der Waals surface area (Å²) >= 11 is 5.01. The summed E-state index contributed by atoms with van der Waals surface area (Å²) in [6.07, 6.45) is 2.85. The van der Waals surface area contributed by atoms with E-state index in [1.807, 2.05) is 13.8 Å². The highest BCUT2D eigenvalue weighted by molar-refractivity contribution is 7.80. The number of amides is 1. The fraction of sp³-hybridized carbons (Fsp3) is 0.500. The van der Waals surface area contributed by atoms with E-state index in [0.29, 0.717) is 23.5 Å². The second kappa shape index (κ2) is 5.07. The molecule has 0 aliphatic heterocycles. The second-order valence-electron chi connectivity index (χ2n) is 3.58. The maximum absolute atomic E-state index is 11.8. The Bertz CT molecular complexity index is 370. The summed E-state index contributed by atoms with van der Waals surface area (Å²) in [5, 5.41) is 9.18. The summed E-state index contributed by atoms with van der Waals surface area (Å²) in [5.41, 5.74) is 5.48. The number of hydrogen-bond acceptors (Lipinski definition) is 3. The minimum Gasteiger partial charge on any atom is -0.391 e. The molecule has 0 spiro atoms. The Morgan fingerprint density at radius 1 is 1.62 bits per heavy atom. The number of H-pyrrole nitrogens is 1. The van der Waals surface area contributed by atoms with Crippen molar-refractivity contribution in [1.29, 1.82) is 0 Å². The zero-order chi connectivity index (χ0) is 12.2. The first-order valence-electron chi connectivity index (χ1n) is 5.17. The van der Waals surface area contributed by atoms with Gasteiger partial charge < -0.3 is 11.1 Å². The number of nitrogens with zero attached hydrogens (tertiary/aromatic N) is 1. The molecule has 1 rings (SSSR count). The monoisotopic (exact) mass is 240 g/mol. The van der Waals surface area contributed by atoms with Crippen LogP contribution in [0.15, 0.2) is 12.3 Å². The highest BCUT2D eigenvalue weighted by Crippen LogP contribution is 2.16. The molecule has 0 atom stereocenters. The average molecular weight is 240 g/mol. The van der Waals surface area contributed by atoms with E-state index in [0.717, 1.165) is 0 Å². The Morgan fingerprint density at radius 2 is 2.25 bits per heavy atom. The van der Waals surface area contributed by atoms with Gasteiger partial charge in [-0.1, -0.05) is 26.1 Å². The van der Waals surface area contributed by atoms with Gasteiger partial charge in [0, 0.05) is 6.20 Å². The molecular weight excluding hydrogens is 224 g/mol. The molecule has 1 heterocycles. The molecule has 0 aliphatic carbocycles. The van der Waals surface area contributed by atoms with Crippen molar-refractivity contribution in [3.05, 3.63) is 18.0 Å². The van der Waals surface area contributed by atoms with Crippen LogP contribution in [0.1, 0.15) is 37.2 Å². The molecule has 6 heteroatoms. The molecule has 0 aliphatic rings. The van der Waals surface area contributed by atoms with Crippen molar-refractivity contribution in [3.63, 3.8) is 0 Å². The minimum atomic E-state index is -0.614. The van der Waals surface area contributed by atoms with Crippen molar-refractivity contribution in [2.45, 2.75) is 32.2 Å². The third-order valence-electron chi connectivity index (χ3n) is 2.78. The van der Waals surface area contributed by atoms with Crippen LogP contribution in [0, 0.1) is 0 Å². The summed E-state index contributed by atoms with van der Waals surface area (Å²) in [5.74, 6) is -0.242. The van der Waals surface area contributed by atoms with Gasteiger partial charge in [0.05, 0.1) is 10.5 Å². The largest absolute Gasteiger partial charge is 0.391 e. The molecule has 88 valence electrons. The number of nitrogens with one attached hydrogen (secondary N) is 2. The first kappa shape index (κ1) is 12.6. The Kier molecular flexibility index (Phi) is 4.00. The number of carbonyl (C=O) groups is 1. The van der Waals surface area contributed by atoms with E-state index in [-0.39, 0.29) is 5.91 Å². The molecule has 1 aromatic heterocycles. The number of rotatable bonds is 5. The normalized spacial score (nSPS) is 11.1. The van der Waals surface area contributed by atoms with Gasteiger partial charge in [-0.05, 0) is 18.9 Å². The number of thiocarbonyl (C=S) groups is 1. The average Bonchev–Trinajstić information content (AvgIpc) is 2.78. The van der Waals surface area contributed by atoms with Crippen LogP contribution < -0.4 is 11.1 Å². The fourth-order valence-corrected chi connectivity index (χ4v) is 1.84. The van der Waals surface area contributed by atoms with Crippen LogP contribution in [0.5, 0.6) is 0 Å². The lowest BCUT2D eigenvalue weighted by atomic mass is 9.92. The molecule has 1 amide bonds. The number of nitrogens with two attached hydrogens (primary N) is 1. The summed E-state index contributed by atoms with van der Waals surface area (Å²) < 4.78 is 0. The maximum Gasteiger partial charge on any atom is 0.270 e. The minimum absolute atomic E-state index is 0.242. The SMILES string of the molecule is CCC(CC)(NC(=O)c1ccn[nH]1)C(N)=S. The van der Waals surface area contributed by atoms with E-state index in [9.17, 15) is 4.79 Å². The fourth-order valence-electron chi connectivity index (χ4n) is 1.50. The highest BCUT2D eigenvalue weighted by atomic mass is 32.1. The molecule has 1 aromatic rings. The van der Waals surface area contributed by atoms with Crippen LogP contribution in [-0.4, -0.2) is 26.6 Å². The van der Waals surface area contributed by atoms with E-state index < -0.39 is 5.54 Å². The standard InChI is InChI=1S/C10H16N4OS/c1-3-10(4-2,9(11)16)13-8(15)7-5-6-12-14-7/h5-6H,3-4H2,1-2H3,(H2,11,16)(H,12,14)(H,13,15). The number of hydrogen-bond donors (Lipinski definition) is 3. The Balaban J connectivity index is 2.84. The quantitative estimate of drug-likeness (QED) is 0.670. The van der Waals surface area contributed by atoms with Gasteiger partial charge >= 0.3 is 0 Å². The summed E-state index contributed by atoms with van der Waals surface area (Å²) in [6, 6.07) is 1.60. The van der Waals surface area contributed by atoms with Crippen LogP contribution in [-0.2, 0) is 0 Å². The van der Waals surface area contributed by atoms with Crippen molar-refractivity contribution in [3.8, 4) is 0 Å². The van der Waals surface area contributed by atoms with Gasteiger partial charge in [0.15, 0.2) is 0 Å². The first-order chi connectivity index (χ1) is 7.55. The van der Waals surface area contributed by atoms with Crippen molar-refractivity contribution in [2.24, 2.45) is 5.73 Å². The van der Waals surface area contributed by atoms with E-state index >= 15 is 0 Å². The Hall–Kier alpha value is -1.43. The third-order valence-corrected chi connectivity index (χ3v) is 3.17. The van der Waals surface area contributed by atoms with Gasteiger partial charge in [-0.2, -0.15) is 5.10 Å². The van der Waals surface area contributed by atoms with E-state index in [4.69, 9.17) is 18.0 Å². The van der Waals surface area contributed by atoms with Crippen LogP contribution in [0.4, 0.5) is 0 Å². The zero-order valence-corrected chi connectivity index (χ0v) is 10.2. The molecule has 0 saturated carbocycles. The van der Waals surface area contributed by atoms with Crippen LogP contribution in [0.2, 0.25) is 0 Å². The summed E-state index contributed by atoms with van der Waals surface area (Å²) in [7, 11) is 0. The zero-order valence-electron chi connectivity index (χ0n) is 9.41. The van der Waals surface area contributed by atoms with Crippen LogP contribution in [0.3, 0.4) is 0 Å². The van der Waals surface area contributed by atoms with Crippen molar-refractivity contribution >= 4 is 23.1 Å². The van der Waals surface area contributed by atoms with E-state index in [2.05, 4.69) is 15.5 Å². The molecule has 4 N–H and O–H groups in total. The number of aromatic amines is 1. The van der Waals surface area contributed by atoms with Crippen LogP contribution >= 0.6 is 12.2 Å². The van der Waals surface area contributed by atoms with E-state index in [1.165, 1.54) is 6.20 Å². The predicted molar refractivity (Wildman–Crippen MR) is 66.2 cm³/mol. The van der Waals surface area contributed by atoms with Gasteiger partial charge in [0.25, 0.3) is 5.91 Å². The van der Waals surface area contributed by atoms with Crippen molar-refractivity contribution < 1.29 is 4.79 Å². The maximum atomic E-state index is 11.8. The molecule has 16 heavy (non-hydrogen) atoms. The smallest absolute Gasteiger partial charge is 0.270 e. The molecule has 0 radical (unpaired) electrons. The highest BCUT2D eigenvalue weighted by Gasteiger charge is 2.31. The molecule has 0 unspecified atom stereocenters. The predicted octanol–water partition coefficient (Wildman–Crippen LogP) is 0.984. The first-order valence-corrected chi connectivity index (χ1v) is 5.58. The summed E-state index contributed by atoms with van der Waals surface area (Å²) in [4.78, 5) is 12.2. The van der Waals surface area contributed by atoms with Gasteiger partial charge in [-0.3, -0.25) is 9.89 Å². The molecular formula is C10H16N4OS. The third kappa shape index (κ3) is 2.38. The van der Waals surface area contributed by atoms with Crippen molar-refractivity contribution in [1.82, 2.24) is 15.5 Å². The molecule has 0 fully saturated rings. The van der Waals surface area contributed by atoms with Gasteiger partial charge in [-0.15, -0.1) is 0 Å². The lowest BCUT2D eigenvalue weighted by Gasteiger charge is -2.31. The topological polar surface area (TPSA) is 83.8 Å². The lowest BCUT2D eigenvalue weighted by molar-refractivity contribution is 0.0914. The van der Waals surface area contributed by atoms with Gasteiger partial charge in [-0.25, -0.2) is 0 Å². The van der Waals surface area contributed by atoms with Gasteiger partial charge in [0.1, 0.15) is 5.69 Å². The lowest BCUT2D eigenvalue weighted by Crippen LogP contribution is -2.56. The van der Waals surface area contributed by atoms with E-state index in [1.54, 1.807) is 6.07 Å². The second-order valence-corrected chi connectivity index (χ2v) is 4.02. The van der Waals surface area contributed by atoms with Crippen LogP contribution in [0.25, 0.3) is 0 Å². The summed E-state index contributed by atoms with van der Waals surface area (Å²) in [6.45, 7) is 3.88.